The molecule has 2 aromatic carbocycles. The number of nitrogens with one attached hydrogen (secondary N) is 2. The summed E-state index contributed by atoms with van der Waals surface area (Å²) in [5.74, 6) is 0.786. The van der Waals surface area contributed by atoms with Crippen LogP contribution in [0.4, 0.5) is 0 Å². The molecule has 0 spiro atoms. The zero-order valence-electron chi connectivity index (χ0n) is 16.1. The molecule has 2 N–H and O–H groups in total. The maximum absolute atomic E-state index is 12.6. The molecule has 2 aromatic rings. The van der Waals surface area contributed by atoms with Crippen molar-refractivity contribution < 1.29 is 14.3 Å². The molecule has 28 heavy (non-hydrogen) atoms. The van der Waals surface area contributed by atoms with Gasteiger partial charge in [0.1, 0.15) is 0 Å². The third-order valence-electron chi connectivity index (χ3n) is 4.38. The van der Waals surface area contributed by atoms with Gasteiger partial charge in [-0.15, -0.1) is 12.4 Å². The van der Waals surface area contributed by atoms with Crippen molar-refractivity contribution in [1.29, 1.82) is 0 Å². The Balaban J connectivity index is 0.00000280. The lowest BCUT2D eigenvalue weighted by atomic mass is 10.1. The highest BCUT2D eigenvalue weighted by atomic mass is 35.5. The van der Waals surface area contributed by atoms with E-state index >= 15 is 0 Å². The van der Waals surface area contributed by atoms with Gasteiger partial charge in [0.15, 0.2) is 11.5 Å². The lowest BCUT2D eigenvalue weighted by Crippen LogP contribution is -2.23. The first-order chi connectivity index (χ1) is 13.1. The predicted octanol–water partition coefficient (Wildman–Crippen LogP) is 4.48. The molecule has 0 aliphatic carbocycles. The van der Waals surface area contributed by atoms with Gasteiger partial charge in [0.05, 0.1) is 18.2 Å². The number of hydrogen-bond acceptors (Lipinski definition) is 4. The van der Waals surface area contributed by atoms with Gasteiger partial charge >= 0.3 is 0 Å². The van der Waals surface area contributed by atoms with Gasteiger partial charge in [-0.1, -0.05) is 36.7 Å². The fraction of sp³-hybridized carbons (Fsp3) is 0.381. The van der Waals surface area contributed by atoms with E-state index in [4.69, 9.17) is 21.1 Å². The molecular formula is C21H26Cl2N2O3. The zero-order valence-corrected chi connectivity index (χ0v) is 17.7. The topological polar surface area (TPSA) is 59.6 Å². The van der Waals surface area contributed by atoms with Crippen molar-refractivity contribution in [2.75, 3.05) is 13.2 Å². The third kappa shape index (κ3) is 5.31. The first kappa shape index (κ1) is 22.3. The van der Waals surface area contributed by atoms with E-state index in [2.05, 4.69) is 22.8 Å². The van der Waals surface area contributed by atoms with E-state index in [1.807, 2.05) is 19.9 Å². The smallest absolute Gasteiger partial charge is 0.251 e. The molecule has 1 amide bonds. The number of halogens is 2. The first-order valence-electron chi connectivity index (χ1n) is 9.31. The molecule has 7 heteroatoms. The van der Waals surface area contributed by atoms with E-state index in [-0.39, 0.29) is 18.3 Å². The van der Waals surface area contributed by atoms with Crippen LogP contribution in [0.25, 0.3) is 0 Å². The molecule has 0 saturated heterocycles. The van der Waals surface area contributed by atoms with Crippen molar-refractivity contribution in [2.45, 2.75) is 39.9 Å². The number of fused-ring (bicyclic) bond motifs is 1. The van der Waals surface area contributed by atoms with Gasteiger partial charge in [0.25, 0.3) is 5.91 Å². The van der Waals surface area contributed by atoms with Crippen molar-refractivity contribution in [3.8, 4) is 11.5 Å². The highest BCUT2D eigenvalue weighted by molar-refractivity contribution is 6.32. The molecule has 0 fully saturated rings. The van der Waals surface area contributed by atoms with Crippen molar-refractivity contribution in [1.82, 2.24) is 10.6 Å². The molecular weight excluding hydrogens is 399 g/mol. The third-order valence-corrected chi connectivity index (χ3v) is 4.66. The average Bonchev–Trinajstić information content (AvgIpc) is 3.13. The van der Waals surface area contributed by atoms with Gasteiger partial charge in [0, 0.05) is 25.2 Å². The van der Waals surface area contributed by atoms with Gasteiger partial charge < -0.3 is 20.1 Å². The Bertz CT molecular complexity index is 828. The van der Waals surface area contributed by atoms with E-state index in [9.17, 15) is 4.79 Å². The quantitative estimate of drug-likeness (QED) is 0.655. The second kappa shape index (κ2) is 10.6. The lowest BCUT2D eigenvalue weighted by molar-refractivity contribution is 0.0950. The summed E-state index contributed by atoms with van der Waals surface area (Å²) in [4.78, 5) is 12.6. The largest absolute Gasteiger partial charge is 0.490 e. The van der Waals surface area contributed by atoms with Crippen LogP contribution < -0.4 is 20.1 Å². The minimum absolute atomic E-state index is 0. The number of rotatable bonds is 8. The fourth-order valence-electron chi connectivity index (χ4n) is 3.05. The minimum atomic E-state index is -0.196. The van der Waals surface area contributed by atoms with Crippen LogP contribution >= 0.6 is 24.0 Å². The number of ether oxygens (including phenoxy) is 2. The monoisotopic (exact) mass is 424 g/mol. The average molecular weight is 425 g/mol. The fourth-order valence-corrected chi connectivity index (χ4v) is 3.31. The molecule has 0 atom stereocenters. The highest BCUT2D eigenvalue weighted by Crippen LogP contribution is 2.36. The molecule has 0 bridgehead atoms. The molecule has 1 heterocycles. The summed E-state index contributed by atoms with van der Waals surface area (Å²) in [6.07, 6.45) is 0.862. The number of carbonyl (C=O) groups excluding carboxylic acids is 1. The Kier molecular flexibility index (Phi) is 8.42. The zero-order chi connectivity index (χ0) is 19.2. The molecule has 1 aliphatic heterocycles. The second-order valence-electron chi connectivity index (χ2n) is 6.46. The Labute approximate surface area is 177 Å². The van der Waals surface area contributed by atoms with Crippen LogP contribution in [0.1, 0.15) is 47.3 Å². The summed E-state index contributed by atoms with van der Waals surface area (Å²) in [5, 5.41) is 6.65. The molecule has 3 rings (SSSR count). The summed E-state index contributed by atoms with van der Waals surface area (Å²) in [5.41, 5.74) is 4.14. The van der Waals surface area contributed by atoms with E-state index < -0.39 is 0 Å². The standard InChI is InChI=1S/C21H25ClN2O3.ClH/c1-3-7-27-20-18(22)9-16(10-19(20)26-4-2)21(25)24-11-14-5-6-15-12-23-13-17(15)8-14;/h5-6,8-10,23H,3-4,7,11-13H2,1-2H3,(H,24,25);1H. The maximum atomic E-state index is 12.6. The second-order valence-corrected chi connectivity index (χ2v) is 6.86. The van der Waals surface area contributed by atoms with Crippen LogP contribution in [0, 0.1) is 0 Å². The molecule has 1 aliphatic rings. The maximum Gasteiger partial charge on any atom is 0.251 e. The Morgan fingerprint density at radius 1 is 1.14 bits per heavy atom. The van der Waals surface area contributed by atoms with Crippen molar-refractivity contribution >= 4 is 29.9 Å². The van der Waals surface area contributed by atoms with Crippen LogP contribution in [0.5, 0.6) is 11.5 Å². The van der Waals surface area contributed by atoms with Crippen LogP contribution in [-0.2, 0) is 19.6 Å². The molecule has 5 nitrogen and oxygen atoms in total. The van der Waals surface area contributed by atoms with E-state index in [1.54, 1.807) is 12.1 Å². The van der Waals surface area contributed by atoms with E-state index in [0.29, 0.717) is 41.8 Å². The lowest BCUT2D eigenvalue weighted by Gasteiger charge is -2.15. The molecule has 0 unspecified atom stereocenters. The number of amides is 1. The summed E-state index contributed by atoms with van der Waals surface area (Å²) in [6, 6.07) is 9.60. The molecule has 0 radical (unpaired) electrons. The van der Waals surface area contributed by atoms with E-state index in [1.165, 1.54) is 11.1 Å². The molecule has 152 valence electrons. The van der Waals surface area contributed by atoms with Crippen LogP contribution in [-0.4, -0.2) is 19.1 Å². The Hall–Kier alpha value is -1.95. The number of hydrogen-bond donors (Lipinski definition) is 2. The molecule has 0 saturated carbocycles. The van der Waals surface area contributed by atoms with Crippen LogP contribution in [0.2, 0.25) is 5.02 Å². The summed E-state index contributed by atoms with van der Waals surface area (Å²) < 4.78 is 11.3. The highest BCUT2D eigenvalue weighted by Gasteiger charge is 2.17. The van der Waals surface area contributed by atoms with Crippen LogP contribution in [0.3, 0.4) is 0 Å². The van der Waals surface area contributed by atoms with Gasteiger partial charge in [-0.05, 0) is 42.2 Å². The SMILES string of the molecule is CCCOc1c(Cl)cc(C(=O)NCc2ccc3c(c2)CNC3)cc1OCC.Cl. The van der Waals surface area contributed by atoms with E-state index in [0.717, 1.165) is 25.1 Å². The number of carbonyl (C=O) groups is 1. The predicted molar refractivity (Wildman–Crippen MR) is 114 cm³/mol. The van der Waals surface area contributed by atoms with Crippen molar-refractivity contribution in [2.24, 2.45) is 0 Å². The van der Waals surface area contributed by atoms with Gasteiger partial charge in [-0.25, -0.2) is 0 Å². The van der Waals surface area contributed by atoms with Gasteiger partial charge in [-0.2, -0.15) is 0 Å². The molecule has 0 aromatic heterocycles. The van der Waals surface area contributed by atoms with Crippen molar-refractivity contribution in [3.05, 3.63) is 57.6 Å². The summed E-state index contributed by atoms with van der Waals surface area (Å²) in [7, 11) is 0. The van der Waals surface area contributed by atoms with Gasteiger partial charge in [-0.3, -0.25) is 4.79 Å². The Morgan fingerprint density at radius 3 is 2.68 bits per heavy atom. The summed E-state index contributed by atoms with van der Waals surface area (Å²) >= 11 is 6.34. The number of benzene rings is 2. The summed E-state index contributed by atoms with van der Waals surface area (Å²) in [6.45, 7) is 7.15. The van der Waals surface area contributed by atoms with Gasteiger partial charge in [0.2, 0.25) is 0 Å². The first-order valence-corrected chi connectivity index (χ1v) is 9.68. The Morgan fingerprint density at radius 2 is 1.93 bits per heavy atom. The van der Waals surface area contributed by atoms with Crippen LogP contribution in [0.15, 0.2) is 30.3 Å². The van der Waals surface area contributed by atoms with Crippen molar-refractivity contribution in [3.63, 3.8) is 0 Å². The normalized spacial score (nSPS) is 12.1. The minimum Gasteiger partial charge on any atom is -0.490 e.